The van der Waals surface area contributed by atoms with E-state index in [2.05, 4.69) is 11.9 Å². The monoisotopic (exact) mass is 365 g/mol. The summed E-state index contributed by atoms with van der Waals surface area (Å²) in [6.07, 6.45) is 6.36. The molecule has 0 spiro atoms. The van der Waals surface area contributed by atoms with E-state index < -0.39 is 29.6 Å². The first kappa shape index (κ1) is 21.5. The molecular weight excluding hydrogens is 340 g/mol. The third-order valence-electron chi connectivity index (χ3n) is 3.63. The molecule has 0 saturated carbocycles. The van der Waals surface area contributed by atoms with Crippen molar-refractivity contribution in [2.24, 2.45) is 5.92 Å². The Hall–Kier alpha value is -2.50. The number of nitrogens with one attached hydrogen (secondary N) is 1. The maximum absolute atomic E-state index is 13.4. The van der Waals surface area contributed by atoms with Crippen molar-refractivity contribution < 1.29 is 23.1 Å². The van der Waals surface area contributed by atoms with Gasteiger partial charge in [-0.25, -0.2) is 13.6 Å². The molecule has 0 bridgehead atoms. The lowest BCUT2D eigenvalue weighted by Gasteiger charge is -2.17. The Labute approximate surface area is 152 Å². The van der Waals surface area contributed by atoms with Crippen molar-refractivity contribution in [3.63, 3.8) is 0 Å². The molecule has 2 unspecified atom stereocenters. The van der Waals surface area contributed by atoms with Crippen molar-refractivity contribution in [2.45, 2.75) is 39.2 Å². The average Bonchev–Trinajstić information content (AvgIpc) is 2.56. The Kier molecular flexibility index (Phi) is 9.26. The Morgan fingerprint density at radius 1 is 1.27 bits per heavy atom. The topological polar surface area (TPSA) is 55.4 Å². The van der Waals surface area contributed by atoms with Crippen LogP contribution < -0.4 is 5.32 Å². The second kappa shape index (κ2) is 11.2. The number of esters is 1. The van der Waals surface area contributed by atoms with E-state index in [1.807, 2.05) is 13.8 Å². The third kappa shape index (κ3) is 8.05. The predicted octanol–water partition coefficient (Wildman–Crippen LogP) is 3.71. The molecule has 0 aromatic heterocycles. The third-order valence-corrected chi connectivity index (χ3v) is 3.63. The van der Waals surface area contributed by atoms with E-state index in [1.54, 1.807) is 6.08 Å². The number of ether oxygens (including phenoxy) is 1. The lowest BCUT2D eigenvalue weighted by atomic mass is 10.0. The number of halogens is 2. The van der Waals surface area contributed by atoms with Crippen LogP contribution in [0.3, 0.4) is 0 Å². The van der Waals surface area contributed by atoms with Crippen LogP contribution in [0.4, 0.5) is 8.78 Å². The molecule has 1 rings (SSSR count). The van der Waals surface area contributed by atoms with E-state index in [4.69, 9.17) is 4.74 Å². The number of rotatable bonds is 10. The molecule has 4 nitrogen and oxygen atoms in total. The van der Waals surface area contributed by atoms with Crippen molar-refractivity contribution in [3.8, 4) is 0 Å². The molecule has 1 aromatic carbocycles. The van der Waals surface area contributed by atoms with Gasteiger partial charge in [0.05, 0.1) is 0 Å². The van der Waals surface area contributed by atoms with Crippen LogP contribution in [0.5, 0.6) is 0 Å². The molecule has 0 fully saturated rings. The van der Waals surface area contributed by atoms with Gasteiger partial charge in [-0.15, -0.1) is 0 Å². The van der Waals surface area contributed by atoms with Crippen LogP contribution in [0, 0.1) is 17.6 Å². The van der Waals surface area contributed by atoms with E-state index in [9.17, 15) is 18.4 Å². The molecule has 2 atom stereocenters. The zero-order chi connectivity index (χ0) is 19.5. The molecular formula is C20H25F2NO3. The molecule has 0 aliphatic carbocycles. The summed E-state index contributed by atoms with van der Waals surface area (Å²) in [5.41, 5.74) is 0.242. The van der Waals surface area contributed by atoms with E-state index in [-0.39, 0.29) is 24.5 Å². The zero-order valence-corrected chi connectivity index (χ0v) is 15.1. The fourth-order valence-corrected chi connectivity index (χ4v) is 2.42. The van der Waals surface area contributed by atoms with Gasteiger partial charge in [0, 0.05) is 12.5 Å². The average molecular weight is 365 g/mol. The SMILES string of the molecule is C=CCOC(=O)C(Cc1cc(F)cc(F)c1)NC(=O)/C=C/C(C)CCC. The first-order valence-corrected chi connectivity index (χ1v) is 8.56. The molecule has 0 aliphatic heterocycles. The van der Waals surface area contributed by atoms with Crippen LogP contribution in [-0.2, 0) is 20.7 Å². The lowest BCUT2D eigenvalue weighted by molar-refractivity contribution is -0.146. The largest absolute Gasteiger partial charge is 0.460 e. The predicted molar refractivity (Wildman–Crippen MR) is 96.4 cm³/mol. The van der Waals surface area contributed by atoms with Gasteiger partial charge in [-0.05, 0) is 36.1 Å². The zero-order valence-electron chi connectivity index (χ0n) is 15.1. The molecule has 0 radical (unpaired) electrons. The Morgan fingerprint density at radius 3 is 2.50 bits per heavy atom. The van der Waals surface area contributed by atoms with Gasteiger partial charge < -0.3 is 10.1 Å². The molecule has 1 N–H and O–H groups in total. The number of carbonyl (C=O) groups excluding carboxylic acids is 2. The Bertz CT molecular complexity index is 638. The maximum atomic E-state index is 13.4. The molecule has 1 aromatic rings. The summed E-state index contributed by atoms with van der Waals surface area (Å²) >= 11 is 0. The van der Waals surface area contributed by atoms with Gasteiger partial charge in [-0.1, -0.05) is 39.0 Å². The molecule has 26 heavy (non-hydrogen) atoms. The highest BCUT2D eigenvalue weighted by Gasteiger charge is 2.22. The highest BCUT2D eigenvalue weighted by atomic mass is 19.1. The van der Waals surface area contributed by atoms with Crippen molar-refractivity contribution in [1.82, 2.24) is 5.32 Å². The summed E-state index contributed by atoms with van der Waals surface area (Å²) in [4.78, 5) is 24.2. The van der Waals surface area contributed by atoms with Gasteiger partial charge in [0.15, 0.2) is 0 Å². The lowest BCUT2D eigenvalue weighted by Crippen LogP contribution is -2.42. The van der Waals surface area contributed by atoms with E-state index in [0.717, 1.165) is 31.0 Å². The van der Waals surface area contributed by atoms with Crippen molar-refractivity contribution in [2.75, 3.05) is 6.61 Å². The van der Waals surface area contributed by atoms with E-state index >= 15 is 0 Å². The fraction of sp³-hybridized carbons (Fsp3) is 0.400. The minimum atomic E-state index is -1.06. The standard InChI is InChI=1S/C20H25F2NO3/c1-4-6-14(3)7-8-19(24)23-18(20(25)26-9-5-2)12-15-10-16(21)13-17(22)11-15/h5,7-8,10-11,13-14,18H,2,4,6,9,12H2,1,3H3,(H,23,24)/b8-7+. The smallest absolute Gasteiger partial charge is 0.329 e. The van der Waals surface area contributed by atoms with Crippen LogP contribution in [-0.4, -0.2) is 24.5 Å². The molecule has 1 amide bonds. The van der Waals surface area contributed by atoms with E-state index in [1.165, 1.54) is 12.2 Å². The first-order valence-electron chi connectivity index (χ1n) is 8.56. The van der Waals surface area contributed by atoms with Gasteiger partial charge in [0.25, 0.3) is 0 Å². The minimum absolute atomic E-state index is 0.0217. The van der Waals surface area contributed by atoms with Gasteiger partial charge in [0.2, 0.25) is 5.91 Å². The number of hydrogen-bond donors (Lipinski definition) is 1. The first-order chi connectivity index (χ1) is 12.3. The normalized spacial score (nSPS) is 13.2. The van der Waals surface area contributed by atoms with Crippen LogP contribution in [0.1, 0.15) is 32.3 Å². The quantitative estimate of drug-likeness (QED) is 0.391. The van der Waals surface area contributed by atoms with Crippen LogP contribution in [0.2, 0.25) is 0 Å². The second-order valence-corrected chi connectivity index (χ2v) is 6.09. The maximum Gasteiger partial charge on any atom is 0.329 e. The van der Waals surface area contributed by atoms with Crippen LogP contribution in [0.25, 0.3) is 0 Å². The van der Waals surface area contributed by atoms with Crippen molar-refractivity contribution in [3.05, 3.63) is 60.2 Å². The number of benzene rings is 1. The van der Waals surface area contributed by atoms with E-state index in [0.29, 0.717) is 0 Å². The number of hydrogen-bond acceptors (Lipinski definition) is 3. The van der Waals surface area contributed by atoms with Gasteiger partial charge in [-0.3, -0.25) is 4.79 Å². The Balaban J connectivity index is 2.85. The number of amides is 1. The summed E-state index contributed by atoms with van der Waals surface area (Å²) in [5.74, 6) is -2.44. The summed E-state index contributed by atoms with van der Waals surface area (Å²) in [6, 6.07) is 1.91. The van der Waals surface area contributed by atoms with Gasteiger partial charge >= 0.3 is 5.97 Å². The second-order valence-electron chi connectivity index (χ2n) is 6.09. The summed E-state index contributed by atoms with van der Waals surface area (Å²) in [6.45, 7) is 7.46. The molecule has 6 heteroatoms. The fourth-order valence-electron chi connectivity index (χ4n) is 2.42. The molecule has 0 aliphatic rings. The number of carbonyl (C=O) groups is 2. The van der Waals surface area contributed by atoms with Crippen molar-refractivity contribution >= 4 is 11.9 Å². The number of allylic oxidation sites excluding steroid dienone is 1. The minimum Gasteiger partial charge on any atom is -0.460 e. The van der Waals surface area contributed by atoms with Crippen LogP contribution >= 0.6 is 0 Å². The Morgan fingerprint density at radius 2 is 1.92 bits per heavy atom. The molecule has 142 valence electrons. The van der Waals surface area contributed by atoms with Gasteiger partial charge in [-0.2, -0.15) is 0 Å². The molecule has 0 heterocycles. The highest BCUT2D eigenvalue weighted by Crippen LogP contribution is 2.11. The summed E-state index contributed by atoms with van der Waals surface area (Å²) in [7, 11) is 0. The summed E-state index contributed by atoms with van der Waals surface area (Å²) in [5, 5.41) is 2.53. The van der Waals surface area contributed by atoms with Gasteiger partial charge in [0.1, 0.15) is 24.3 Å². The van der Waals surface area contributed by atoms with Crippen molar-refractivity contribution in [1.29, 1.82) is 0 Å². The summed E-state index contributed by atoms with van der Waals surface area (Å²) < 4.78 is 31.7. The van der Waals surface area contributed by atoms with Crippen LogP contribution in [0.15, 0.2) is 43.0 Å². The highest BCUT2D eigenvalue weighted by molar-refractivity contribution is 5.91. The molecule has 0 saturated heterocycles.